The maximum Gasteiger partial charge on any atom is 0.127 e. The van der Waals surface area contributed by atoms with Crippen molar-refractivity contribution in [3.05, 3.63) is 41.2 Å². The first-order chi connectivity index (χ1) is 10.1. The number of aromatic nitrogens is 2. The number of ether oxygens (including phenoxy) is 2. The fourth-order valence-electron chi connectivity index (χ4n) is 2.44. The van der Waals surface area contributed by atoms with Gasteiger partial charge >= 0.3 is 0 Å². The molecule has 1 aromatic heterocycles. The van der Waals surface area contributed by atoms with E-state index in [1.807, 2.05) is 35.9 Å². The van der Waals surface area contributed by atoms with Gasteiger partial charge in [0.15, 0.2) is 0 Å². The molecule has 0 aliphatic heterocycles. The van der Waals surface area contributed by atoms with Gasteiger partial charge in [-0.2, -0.15) is 5.10 Å². The summed E-state index contributed by atoms with van der Waals surface area (Å²) in [5.41, 5.74) is 5.75. The van der Waals surface area contributed by atoms with Gasteiger partial charge in [0.25, 0.3) is 0 Å². The lowest BCUT2D eigenvalue weighted by atomic mass is 10.0. The first-order valence-electron chi connectivity index (χ1n) is 6.87. The molecule has 0 saturated carbocycles. The zero-order chi connectivity index (χ0) is 15.4. The largest absolute Gasteiger partial charge is 0.497 e. The summed E-state index contributed by atoms with van der Waals surface area (Å²) in [5, 5.41) is 4.47. The van der Waals surface area contributed by atoms with Crippen LogP contribution in [0.1, 0.15) is 29.9 Å². The number of nitrogens with two attached hydrogens (primary N) is 1. The second-order valence-corrected chi connectivity index (χ2v) is 4.73. The molecule has 0 bridgehead atoms. The van der Waals surface area contributed by atoms with E-state index >= 15 is 0 Å². The van der Waals surface area contributed by atoms with Crippen LogP contribution in [0.25, 0.3) is 0 Å². The molecular weight excluding hydrogens is 268 g/mol. The number of nitrogens with zero attached hydrogens (tertiary/aromatic N) is 2. The third-order valence-corrected chi connectivity index (χ3v) is 3.45. The van der Waals surface area contributed by atoms with Gasteiger partial charge in [-0.1, -0.05) is 0 Å². The molecule has 1 aromatic carbocycles. The van der Waals surface area contributed by atoms with Crippen molar-refractivity contribution in [1.29, 1.82) is 0 Å². The summed E-state index contributed by atoms with van der Waals surface area (Å²) >= 11 is 0. The Kier molecular flexibility index (Phi) is 4.82. The minimum absolute atomic E-state index is 0.202. The van der Waals surface area contributed by atoms with Crippen molar-refractivity contribution >= 4 is 0 Å². The van der Waals surface area contributed by atoms with Gasteiger partial charge in [0, 0.05) is 18.2 Å². The topological polar surface area (TPSA) is 74.3 Å². The van der Waals surface area contributed by atoms with E-state index in [9.17, 15) is 0 Å². The lowest BCUT2D eigenvalue weighted by Crippen LogP contribution is -2.31. The Hall–Kier alpha value is -2.05. The number of hydrazine groups is 1. The number of benzene rings is 1. The summed E-state index contributed by atoms with van der Waals surface area (Å²) in [5.74, 6) is 7.25. The van der Waals surface area contributed by atoms with Crippen LogP contribution in [-0.2, 0) is 6.54 Å². The van der Waals surface area contributed by atoms with Crippen LogP contribution in [0.5, 0.6) is 11.5 Å². The van der Waals surface area contributed by atoms with Crippen molar-refractivity contribution in [1.82, 2.24) is 15.2 Å². The number of rotatable bonds is 6. The molecule has 1 unspecified atom stereocenters. The molecule has 21 heavy (non-hydrogen) atoms. The summed E-state index contributed by atoms with van der Waals surface area (Å²) in [6.07, 6.45) is 0. The summed E-state index contributed by atoms with van der Waals surface area (Å²) in [6.45, 7) is 4.79. The van der Waals surface area contributed by atoms with Gasteiger partial charge in [0.1, 0.15) is 11.5 Å². The normalized spacial score (nSPS) is 12.2. The average Bonchev–Trinajstić information content (AvgIpc) is 2.89. The molecule has 2 rings (SSSR count). The summed E-state index contributed by atoms with van der Waals surface area (Å²) in [7, 11) is 3.26. The van der Waals surface area contributed by atoms with Gasteiger partial charge in [0.05, 0.1) is 31.6 Å². The van der Waals surface area contributed by atoms with Crippen LogP contribution in [-0.4, -0.2) is 24.0 Å². The predicted octanol–water partition coefficient (Wildman–Crippen LogP) is 1.78. The molecule has 2 aromatic rings. The molecule has 114 valence electrons. The minimum Gasteiger partial charge on any atom is -0.497 e. The van der Waals surface area contributed by atoms with Crippen molar-refractivity contribution in [3.63, 3.8) is 0 Å². The van der Waals surface area contributed by atoms with E-state index in [0.29, 0.717) is 0 Å². The molecule has 6 nitrogen and oxygen atoms in total. The van der Waals surface area contributed by atoms with Crippen LogP contribution in [0.15, 0.2) is 24.3 Å². The van der Waals surface area contributed by atoms with E-state index in [1.165, 1.54) is 0 Å². The van der Waals surface area contributed by atoms with E-state index in [4.69, 9.17) is 15.3 Å². The first kappa shape index (κ1) is 15.3. The van der Waals surface area contributed by atoms with E-state index in [2.05, 4.69) is 17.4 Å². The highest BCUT2D eigenvalue weighted by Crippen LogP contribution is 2.32. The van der Waals surface area contributed by atoms with E-state index < -0.39 is 0 Å². The number of methoxy groups -OCH3 is 2. The standard InChI is InChI=1S/C15H22N4O2/c1-5-19-13(8-10(2)18-19)15(17-16)12-7-6-11(20-3)9-14(12)21-4/h6-9,15,17H,5,16H2,1-4H3. The highest BCUT2D eigenvalue weighted by Gasteiger charge is 2.21. The van der Waals surface area contributed by atoms with Gasteiger partial charge in [-0.3, -0.25) is 10.5 Å². The highest BCUT2D eigenvalue weighted by atomic mass is 16.5. The molecule has 0 spiro atoms. The van der Waals surface area contributed by atoms with Crippen molar-refractivity contribution < 1.29 is 9.47 Å². The molecule has 0 radical (unpaired) electrons. The quantitative estimate of drug-likeness (QED) is 0.626. The average molecular weight is 290 g/mol. The van der Waals surface area contributed by atoms with Crippen LogP contribution in [0, 0.1) is 6.92 Å². The fourth-order valence-corrected chi connectivity index (χ4v) is 2.44. The Labute approximate surface area is 124 Å². The molecule has 0 aliphatic rings. The molecule has 6 heteroatoms. The highest BCUT2D eigenvalue weighted by molar-refractivity contribution is 5.45. The van der Waals surface area contributed by atoms with Crippen molar-refractivity contribution in [2.45, 2.75) is 26.4 Å². The van der Waals surface area contributed by atoms with Crippen LogP contribution in [0.3, 0.4) is 0 Å². The lowest BCUT2D eigenvalue weighted by molar-refractivity contribution is 0.386. The lowest BCUT2D eigenvalue weighted by Gasteiger charge is -2.20. The van der Waals surface area contributed by atoms with Gasteiger partial charge in [0.2, 0.25) is 0 Å². The summed E-state index contributed by atoms with van der Waals surface area (Å²) < 4.78 is 12.6. The third-order valence-electron chi connectivity index (χ3n) is 3.45. The van der Waals surface area contributed by atoms with Gasteiger partial charge in [-0.15, -0.1) is 0 Å². The number of aryl methyl sites for hydroxylation is 2. The zero-order valence-electron chi connectivity index (χ0n) is 12.9. The molecular formula is C15H22N4O2. The fraction of sp³-hybridized carbons (Fsp3) is 0.400. The molecule has 1 atom stereocenters. The maximum atomic E-state index is 5.79. The number of nitrogens with one attached hydrogen (secondary N) is 1. The van der Waals surface area contributed by atoms with E-state index in [0.717, 1.165) is 35.0 Å². The second kappa shape index (κ2) is 6.60. The molecule has 1 heterocycles. The summed E-state index contributed by atoms with van der Waals surface area (Å²) in [6, 6.07) is 7.51. The smallest absolute Gasteiger partial charge is 0.127 e. The Morgan fingerprint density at radius 2 is 2.05 bits per heavy atom. The van der Waals surface area contributed by atoms with Crippen LogP contribution < -0.4 is 20.7 Å². The van der Waals surface area contributed by atoms with E-state index in [1.54, 1.807) is 14.2 Å². The van der Waals surface area contributed by atoms with E-state index in [-0.39, 0.29) is 6.04 Å². The van der Waals surface area contributed by atoms with Crippen LogP contribution >= 0.6 is 0 Å². The van der Waals surface area contributed by atoms with Crippen LogP contribution in [0.4, 0.5) is 0 Å². The Balaban J connectivity index is 2.50. The number of hydrogen-bond acceptors (Lipinski definition) is 5. The zero-order valence-corrected chi connectivity index (χ0v) is 12.9. The van der Waals surface area contributed by atoms with Gasteiger partial charge in [-0.25, -0.2) is 5.43 Å². The van der Waals surface area contributed by atoms with Crippen LogP contribution in [0.2, 0.25) is 0 Å². The molecule has 0 saturated heterocycles. The first-order valence-corrected chi connectivity index (χ1v) is 6.87. The Morgan fingerprint density at radius 3 is 2.62 bits per heavy atom. The second-order valence-electron chi connectivity index (χ2n) is 4.73. The monoisotopic (exact) mass is 290 g/mol. The van der Waals surface area contributed by atoms with Crippen molar-refractivity contribution in [2.75, 3.05) is 14.2 Å². The third kappa shape index (κ3) is 3.01. The summed E-state index contributed by atoms with van der Waals surface area (Å²) in [4.78, 5) is 0. The van der Waals surface area contributed by atoms with Crippen molar-refractivity contribution in [2.24, 2.45) is 5.84 Å². The maximum absolute atomic E-state index is 5.79. The van der Waals surface area contributed by atoms with Gasteiger partial charge < -0.3 is 9.47 Å². The molecule has 0 amide bonds. The Morgan fingerprint density at radius 1 is 1.29 bits per heavy atom. The molecule has 0 aliphatic carbocycles. The number of hydrogen-bond donors (Lipinski definition) is 2. The predicted molar refractivity (Wildman–Crippen MR) is 81.4 cm³/mol. The SMILES string of the molecule is CCn1nc(C)cc1C(NN)c1ccc(OC)cc1OC. The van der Waals surface area contributed by atoms with Gasteiger partial charge in [-0.05, 0) is 32.0 Å². The minimum atomic E-state index is -0.202. The van der Waals surface area contributed by atoms with Crippen molar-refractivity contribution in [3.8, 4) is 11.5 Å². The Bertz CT molecular complexity index is 610. The molecule has 0 fully saturated rings. The molecule has 3 N–H and O–H groups in total.